The van der Waals surface area contributed by atoms with Crippen LogP contribution in [0.2, 0.25) is 0 Å². The van der Waals surface area contributed by atoms with Crippen molar-refractivity contribution >= 4 is 34.7 Å². The van der Waals surface area contributed by atoms with E-state index < -0.39 is 0 Å². The van der Waals surface area contributed by atoms with Crippen LogP contribution in [-0.4, -0.2) is 76.1 Å². The molecule has 1 aliphatic rings. The summed E-state index contributed by atoms with van der Waals surface area (Å²) in [7, 11) is 2.16. The SMILES string of the molecule is Cc1sc(-c2ccnc(OCCN3CCN(C)CC3)c2)nc1C(C)Sc1nc(N)cc(N)n1. The number of thioether (sulfide) groups is 1. The van der Waals surface area contributed by atoms with Gasteiger partial charge in [-0.1, -0.05) is 11.8 Å². The van der Waals surface area contributed by atoms with Gasteiger partial charge in [-0.25, -0.2) is 19.9 Å². The molecule has 176 valence electrons. The Balaban J connectivity index is 1.39. The highest BCUT2D eigenvalue weighted by molar-refractivity contribution is 7.99. The number of thiazole rings is 1. The third-order valence-corrected chi connectivity index (χ3v) is 7.49. The first kappa shape index (κ1) is 23.7. The van der Waals surface area contributed by atoms with Crippen molar-refractivity contribution in [2.45, 2.75) is 24.3 Å². The molecule has 0 aliphatic carbocycles. The average molecular weight is 487 g/mol. The van der Waals surface area contributed by atoms with Crippen molar-refractivity contribution in [1.82, 2.24) is 29.7 Å². The number of aryl methyl sites for hydroxylation is 1. The molecule has 33 heavy (non-hydrogen) atoms. The molecule has 4 N–H and O–H groups in total. The minimum Gasteiger partial charge on any atom is -0.476 e. The predicted octanol–water partition coefficient (Wildman–Crippen LogP) is 2.95. The molecule has 3 aromatic rings. The van der Waals surface area contributed by atoms with E-state index >= 15 is 0 Å². The van der Waals surface area contributed by atoms with Crippen molar-refractivity contribution in [1.29, 1.82) is 0 Å². The number of likely N-dealkylation sites (N-methyl/N-ethyl adjacent to an activating group) is 1. The third-order valence-electron chi connectivity index (χ3n) is 5.48. The van der Waals surface area contributed by atoms with Crippen molar-refractivity contribution in [3.05, 3.63) is 35.0 Å². The average Bonchev–Trinajstić information content (AvgIpc) is 3.16. The fourth-order valence-corrected chi connectivity index (χ4v) is 5.66. The van der Waals surface area contributed by atoms with Crippen LogP contribution in [0, 0.1) is 6.92 Å². The van der Waals surface area contributed by atoms with E-state index in [0.29, 0.717) is 29.3 Å². The Hall–Kier alpha value is -2.47. The van der Waals surface area contributed by atoms with Crippen LogP contribution in [0.25, 0.3) is 10.6 Å². The molecule has 1 atom stereocenters. The Bertz CT molecular complexity index is 1060. The lowest BCUT2D eigenvalue weighted by molar-refractivity contribution is 0.132. The summed E-state index contributed by atoms with van der Waals surface area (Å²) in [5.74, 6) is 1.36. The summed E-state index contributed by atoms with van der Waals surface area (Å²) in [4.78, 5) is 23.7. The lowest BCUT2D eigenvalue weighted by Gasteiger charge is -2.32. The van der Waals surface area contributed by atoms with Gasteiger partial charge >= 0.3 is 0 Å². The first-order valence-corrected chi connectivity index (χ1v) is 12.6. The summed E-state index contributed by atoms with van der Waals surface area (Å²) in [6.07, 6.45) is 1.78. The molecular weight excluding hydrogens is 456 g/mol. The van der Waals surface area contributed by atoms with E-state index in [1.807, 2.05) is 12.1 Å². The molecule has 11 heteroatoms. The van der Waals surface area contributed by atoms with Gasteiger partial charge in [0.05, 0.1) is 10.9 Å². The van der Waals surface area contributed by atoms with Gasteiger partial charge in [-0.05, 0) is 27.0 Å². The second-order valence-electron chi connectivity index (χ2n) is 8.10. The maximum absolute atomic E-state index is 5.95. The second kappa shape index (κ2) is 10.6. The van der Waals surface area contributed by atoms with Crippen LogP contribution in [0.3, 0.4) is 0 Å². The van der Waals surface area contributed by atoms with E-state index in [2.05, 4.69) is 45.6 Å². The minimum atomic E-state index is 0.0531. The van der Waals surface area contributed by atoms with Crippen molar-refractivity contribution in [3.63, 3.8) is 0 Å². The lowest BCUT2D eigenvalue weighted by atomic mass is 10.2. The summed E-state index contributed by atoms with van der Waals surface area (Å²) in [6.45, 7) is 10.1. The number of hydrogen-bond donors (Lipinski definition) is 2. The van der Waals surface area contributed by atoms with Crippen LogP contribution in [0.4, 0.5) is 11.6 Å². The Morgan fingerprint density at radius 1 is 1.12 bits per heavy atom. The molecule has 1 unspecified atom stereocenters. The first-order valence-electron chi connectivity index (χ1n) is 10.9. The zero-order valence-electron chi connectivity index (χ0n) is 19.2. The highest BCUT2D eigenvalue weighted by Gasteiger charge is 2.19. The standard InChI is InChI=1S/C22H30N8OS2/c1-14-20(15(2)33-22-26-17(23)13-18(24)27-22)28-21(32-14)16-4-5-25-19(12-16)31-11-10-30-8-6-29(3)7-9-30/h4-5,12-13,15H,6-11H2,1-3H3,(H4,23,24,26,27). The van der Waals surface area contributed by atoms with Crippen LogP contribution >= 0.6 is 23.1 Å². The molecule has 3 aromatic heterocycles. The predicted molar refractivity (Wildman–Crippen MR) is 135 cm³/mol. The van der Waals surface area contributed by atoms with Gasteiger partial charge in [-0.3, -0.25) is 4.90 Å². The molecule has 1 fully saturated rings. The molecule has 4 rings (SSSR count). The summed E-state index contributed by atoms with van der Waals surface area (Å²) >= 11 is 3.15. The molecule has 0 amide bonds. The maximum atomic E-state index is 5.95. The number of nitrogens with zero attached hydrogens (tertiary/aromatic N) is 6. The zero-order valence-corrected chi connectivity index (χ0v) is 20.8. The fourth-order valence-electron chi connectivity index (χ4n) is 3.61. The zero-order chi connectivity index (χ0) is 23.4. The van der Waals surface area contributed by atoms with Crippen molar-refractivity contribution in [2.75, 3.05) is 57.8 Å². The highest BCUT2D eigenvalue weighted by Crippen LogP contribution is 2.39. The number of ether oxygens (including phenoxy) is 1. The largest absolute Gasteiger partial charge is 0.476 e. The van der Waals surface area contributed by atoms with E-state index in [-0.39, 0.29) is 5.25 Å². The van der Waals surface area contributed by atoms with E-state index in [9.17, 15) is 0 Å². The molecule has 1 saturated heterocycles. The molecule has 4 heterocycles. The number of pyridine rings is 1. The van der Waals surface area contributed by atoms with E-state index in [0.717, 1.165) is 53.9 Å². The lowest BCUT2D eigenvalue weighted by Crippen LogP contribution is -2.45. The third kappa shape index (κ3) is 6.32. The van der Waals surface area contributed by atoms with E-state index in [1.54, 1.807) is 23.6 Å². The topological polar surface area (TPSA) is 119 Å². The number of aromatic nitrogens is 4. The van der Waals surface area contributed by atoms with Crippen LogP contribution in [0.15, 0.2) is 29.6 Å². The molecular formula is C22H30N8OS2. The maximum Gasteiger partial charge on any atom is 0.213 e. The molecule has 0 radical (unpaired) electrons. The Morgan fingerprint density at radius 2 is 1.85 bits per heavy atom. The van der Waals surface area contributed by atoms with E-state index in [1.165, 1.54) is 11.8 Å². The molecule has 0 aromatic carbocycles. The van der Waals surface area contributed by atoms with Gasteiger partial charge in [-0.2, -0.15) is 0 Å². The van der Waals surface area contributed by atoms with Crippen LogP contribution in [0.1, 0.15) is 22.7 Å². The molecule has 1 aliphatic heterocycles. The van der Waals surface area contributed by atoms with Crippen molar-refractivity contribution in [2.24, 2.45) is 0 Å². The number of anilines is 2. The Labute approximate surface area is 202 Å². The van der Waals surface area contributed by atoms with Gasteiger partial charge in [0.15, 0.2) is 5.16 Å². The summed E-state index contributed by atoms with van der Waals surface area (Å²) in [5, 5.41) is 1.54. The second-order valence-corrected chi connectivity index (χ2v) is 10.6. The van der Waals surface area contributed by atoms with Crippen LogP contribution in [0.5, 0.6) is 5.88 Å². The van der Waals surface area contributed by atoms with Gasteiger partial charge in [0.2, 0.25) is 5.88 Å². The number of piperazine rings is 1. The van der Waals surface area contributed by atoms with Gasteiger partial charge in [-0.15, -0.1) is 11.3 Å². The number of rotatable bonds is 8. The monoisotopic (exact) mass is 486 g/mol. The van der Waals surface area contributed by atoms with Crippen LogP contribution in [-0.2, 0) is 0 Å². The Morgan fingerprint density at radius 3 is 2.58 bits per heavy atom. The molecule has 0 saturated carbocycles. The van der Waals surface area contributed by atoms with Gasteiger partial charge in [0.25, 0.3) is 0 Å². The van der Waals surface area contributed by atoms with Gasteiger partial charge in [0.1, 0.15) is 23.3 Å². The van der Waals surface area contributed by atoms with E-state index in [4.69, 9.17) is 21.2 Å². The molecule has 0 bridgehead atoms. The van der Waals surface area contributed by atoms with Gasteiger partial charge in [0, 0.05) is 61.5 Å². The summed E-state index contributed by atoms with van der Waals surface area (Å²) in [5.41, 5.74) is 13.6. The van der Waals surface area contributed by atoms with Crippen molar-refractivity contribution in [3.8, 4) is 16.5 Å². The number of nitrogen functional groups attached to an aromatic ring is 2. The molecule has 9 nitrogen and oxygen atoms in total. The quantitative estimate of drug-likeness (QED) is 0.363. The smallest absolute Gasteiger partial charge is 0.213 e. The number of hydrogen-bond acceptors (Lipinski definition) is 11. The van der Waals surface area contributed by atoms with Gasteiger partial charge < -0.3 is 21.1 Å². The van der Waals surface area contributed by atoms with Crippen LogP contribution < -0.4 is 16.2 Å². The summed E-state index contributed by atoms with van der Waals surface area (Å²) < 4.78 is 5.95. The summed E-state index contributed by atoms with van der Waals surface area (Å²) in [6, 6.07) is 5.48. The minimum absolute atomic E-state index is 0.0531. The normalized spacial score (nSPS) is 16.1. The Kier molecular flexibility index (Phi) is 7.63. The first-order chi connectivity index (χ1) is 15.9. The highest BCUT2D eigenvalue weighted by atomic mass is 32.2. The number of nitrogens with two attached hydrogens (primary N) is 2. The van der Waals surface area contributed by atoms with Crippen molar-refractivity contribution < 1.29 is 4.74 Å². The fraction of sp³-hybridized carbons (Fsp3) is 0.455. The molecule has 0 spiro atoms.